The fraction of sp³-hybridized carbons (Fsp3) is 0.476. The number of piperazine rings is 1. The SMILES string of the molecule is CC(C)c1cccc2sc(N3CCN(C(=O)c4ccn(C(C)C)n4)CC3)nc12. The maximum atomic E-state index is 12.8. The Morgan fingerprint density at radius 1 is 1.07 bits per heavy atom. The molecule has 0 aliphatic carbocycles. The Balaban J connectivity index is 1.46. The molecular weight excluding hydrogens is 370 g/mol. The molecule has 1 aliphatic heterocycles. The summed E-state index contributed by atoms with van der Waals surface area (Å²) in [5, 5.41) is 5.47. The largest absolute Gasteiger partial charge is 0.345 e. The molecule has 1 aliphatic rings. The van der Waals surface area contributed by atoms with Gasteiger partial charge < -0.3 is 9.80 Å². The van der Waals surface area contributed by atoms with E-state index in [-0.39, 0.29) is 11.9 Å². The predicted molar refractivity (Wildman–Crippen MR) is 114 cm³/mol. The third kappa shape index (κ3) is 3.51. The number of nitrogens with zero attached hydrogens (tertiary/aromatic N) is 5. The van der Waals surface area contributed by atoms with E-state index in [1.54, 1.807) is 11.3 Å². The molecule has 0 bridgehead atoms. The molecule has 7 heteroatoms. The minimum absolute atomic E-state index is 0.0189. The van der Waals surface area contributed by atoms with Gasteiger partial charge in [0.1, 0.15) is 5.69 Å². The second-order valence-electron chi connectivity index (χ2n) is 7.90. The lowest BCUT2D eigenvalue weighted by Gasteiger charge is -2.34. The third-order valence-electron chi connectivity index (χ3n) is 5.25. The third-order valence-corrected chi connectivity index (χ3v) is 6.34. The van der Waals surface area contributed by atoms with E-state index in [1.165, 1.54) is 10.3 Å². The predicted octanol–water partition coefficient (Wildman–Crippen LogP) is 4.16. The molecule has 0 unspecified atom stereocenters. The van der Waals surface area contributed by atoms with Crippen LogP contribution < -0.4 is 4.90 Å². The summed E-state index contributed by atoms with van der Waals surface area (Å²) in [6.07, 6.45) is 1.88. The molecule has 6 nitrogen and oxygen atoms in total. The van der Waals surface area contributed by atoms with Crippen molar-refractivity contribution >= 4 is 32.6 Å². The van der Waals surface area contributed by atoms with E-state index in [4.69, 9.17) is 4.98 Å². The first-order valence-corrected chi connectivity index (χ1v) is 10.7. The summed E-state index contributed by atoms with van der Waals surface area (Å²) >= 11 is 1.74. The van der Waals surface area contributed by atoms with E-state index < -0.39 is 0 Å². The highest BCUT2D eigenvalue weighted by atomic mass is 32.1. The average molecular weight is 398 g/mol. The van der Waals surface area contributed by atoms with Crippen molar-refractivity contribution in [3.05, 3.63) is 41.7 Å². The summed E-state index contributed by atoms with van der Waals surface area (Å²) in [5.41, 5.74) is 2.95. The van der Waals surface area contributed by atoms with E-state index in [0.717, 1.165) is 23.7 Å². The lowest BCUT2D eigenvalue weighted by Crippen LogP contribution is -2.48. The van der Waals surface area contributed by atoms with Gasteiger partial charge in [0.2, 0.25) is 0 Å². The van der Waals surface area contributed by atoms with Crippen LogP contribution in [0.2, 0.25) is 0 Å². The van der Waals surface area contributed by atoms with Gasteiger partial charge in [0.15, 0.2) is 5.13 Å². The topological polar surface area (TPSA) is 54.3 Å². The Kier molecular flexibility index (Phi) is 5.10. The van der Waals surface area contributed by atoms with E-state index in [0.29, 0.717) is 24.7 Å². The molecular formula is C21H27N5OS. The second kappa shape index (κ2) is 7.54. The van der Waals surface area contributed by atoms with Crippen LogP contribution in [-0.2, 0) is 0 Å². The fourth-order valence-electron chi connectivity index (χ4n) is 3.56. The molecule has 0 N–H and O–H groups in total. The summed E-state index contributed by atoms with van der Waals surface area (Å²) in [7, 11) is 0. The molecule has 1 aromatic carbocycles. The van der Waals surface area contributed by atoms with E-state index in [1.807, 2.05) is 21.8 Å². The molecule has 1 amide bonds. The van der Waals surface area contributed by atoms with Crippen LogP contribution >= 0.6 is 11.3 Å². The molecule has 0 saturated carbocycles. The van der Waals surface area contributed by atoms with Crippen LogP contribution in [0.15, 0.2) is 30.5 Å². The molecule has 0 atom stereocenters. The minimum Gasteiger partial charge on any atom is -0.345 e. The smallest absolute Gasteiger partial charge is 0.274 e. The summed E-state index contributed by atoms with van der Waals surface area (Å²) < 4.78 is 3.07. The zero-order valence-corrected chi connectivity index (χ0v) is 17.7. The van der Waals surface area contributed by atoms with Crippen LogP contribution in [0, 0.1) is 0 Å². The highest BCUT2D eigenvalue weighted by molar-refractivity contribution is 7.22. The number of hydrogen-bond acceptors (Lipinski definition) is 5. The highest BCUT2D eigenvalue weighted by Gasteiger charge is 2.25. The lowest BCUT2D eigenvalue weighted by atomic mass is 10.0. The number of rotatable bonds is 4. The first-order valence-electron chi connectivity index (χ1n) is 9.93. The molecule has 4 rings (SSSR count). The molecule has 2 aromatic heterocycles. The lowest BCUT2D eigenvalue weighted by molar-refractivity contribution is 0.0739. The van der Waals surface area contributed by atoms with Gasteiger partial charge in [-0.15, -0.1) is 0 Å². The standard InChI is InChI=1S/C21H27N5OS/c1-14(2)16-6-5-7-18-19(16)22-21(28-18)25-12-10-24(11-13-25)20(27)17-8-9-26(23-17)15(3)4/h5-9,14-15H,10-13H2,1-4H3. The quantitative estimate of drug-likeness (QED) is 0.663. The number of benzene rings is 1. The minimum atomic E-state index is 0.0189. The Bertz CT molecular complexity index is 982. The van der Waals surface area contributed by atoms with Crippen molar-refractivity contribution in [3.8, 4) is 0 Å². The van der Waals surface area contributed by atoms with Gasteiger partial charge in [-0.3, -0.25) is 9.48 Å². The van der Waals surface area contributed by atoms with Crippen molar-refractivity contribution in [3.63, 3.8) is 0 Å². The maximum absolute atomic E-state index is 12.8. The van der Waals surface area contributed by atoms with Crippen molar-refractivity contribution in [2.75, 3.05) is 31.1 Å². The van der Waals surface area contributed by atoms with Crippen LogP contribution in [0.3, 0.4) is 0 Å². The molecule has 0 radical (unpaired) electrons. The second-order valence-corrected chi connectivity index (χ2v) is 8.91. The van der Waals surface area contributed by atoms with Crippen LogP contribution in [0.4, 0.5) is 5.13 Å². The van der Waals surface area contributed by atoms with Gasteiger partial charge in [-0.25, -0.2) is 4.98 Å². The number of hydrogen-bond donors (Lipinski definition) is 0. The van der Waals surface area contributed by atoms with Crippen molar-refractivity contribution in [2.24, 2.45) is 0 Å². The number of anilines is 1. The molecule has 28 heavy (non-hydrogen) atoms. The van der Waals surface area contributed by atoms with Crippen LogP contribution in [-0.4, -0.2) is 51.8 Å². The molecule has 148 valence electrons. The number of thiazole rings is 1. The number of amides is 1. The Morgan fingerprint density at radius 3 is 2.46 bits per heavy atom. The monoisotopic (exact) mass is 397 g/mol. The molecule has 1 fully saturated rings. The van der Waals surface area contributed by atoms with Gasteiger partial charge in [-0.2, -0.15) is 5.10 Å². The molecule has 1 saturated heterocycles. The summed E-state index contributed by atoms with van der Waals surface area (Å²) in [6, 6.07) is 8.51. The number of carbonyl (C=O) groups is 1. The highest BCUT2D eigenvalue weighted by Crippen LogP contribution is 2.33. The zero-order valence-electron chi connectivity index (χ0n) is 16.9. The van der Waals surface area contributed by atoms with Crippen LogP contribution in [0.5, 0.6) is 0 Å². The zero-order chi connectivity index (χ0) is 19.8. The molecule has 3 aromatic rings. The van der Waals surface area contributed by atoms with Gasteiger partial charge in [-0.1, -0.05) is 37.3 Å². The Morgan fingerprint density at radius 2 is 1.82 bits per heavy atom. The van der Waals surface area contributed by atoms with Gasteiger partial charge in [0.05, 0.1) is 10.2 Å². The van der Waals surface area contributed by atoms with Crippen LogP contribution in [0.25, 0.3) is 10.2 Å². The fourth-order valence-corrected chi connectivity index (χ4v) is 4.61. The van der Waals surface area contributed by atoms with Crippen LogP contribution in [0.1, 0.15) is 55.7 Å². The van der Waals surface area contributed by atoms with Gasteiger partial charge in [0, 0.05) is 38.4 Å². The van der Waals surface area contributed by atoms with E-state index in [2.05, 4.69) is 55.9 Å². The van der Waals surface area contributed by atoms with Crippen molar-refractivity contribution in [1.82, 2.24) is 19.7 Å². The number of para-hydroxylation sites is 1. The summed E-state index contributed by atoms with van der Waals surface area (Å²) in [6.45, 7) is 11.5. The number of aromatic nitrogens is 3. The van der Waals surface area contributed by atoms with E-state index in [9.17, 15) is 4.79 Å². The Labute approximate surface area is 169 Å². The van der Waals surface area contributed by atoms with E-state index >= 15 is 0 Å². The first kappa shape index (κ1) is 18.9. The number of fused-ring (bicyclic) bond motifs is 1. The van der Waals surface area contributed by atoms with Gasteiger partial charge in [-0.05, 0) is 37.5 Å². The first-order chi connectivity index (χ1) is 13.4. The Hall–Kier alpha value is -2.41. The normalized spacial score (nSPS) is 15.2. The summed E-state index contributed by atoms with van der Waals surface area (Å²) in [5.74, 6) is 0.476. The number of carbonyl (C=O) groups excluding carboxylic acids is 1. The summed E-state index contributed by atoms with van der Waals surface area (Å²) in [4.78, 5) is 21.9. The van der Waals surface area contributed by atoms with Crippen molar-refractivity contribution in [2.45, 2.75) is 39.7 Å². The molecule has 0 spiro atoms. The van der Waals surface area contributed by atoms with Crippen molar-refractivity contribution in [1.29, 1.82) is 0 Å². The molecule has 3 heterocycles. The van der Waals surface area contributed by atoms with Gasteiger partial charge in [0.25, 0.3) is 5.91 Å². The van der Waals surface area contributed by atoms with Gasteiger partial charge >= 0.3 is 0 Å². The average Bonchev–Trinajstić information content (AvgIpc) is 3.34. The maximum Gasteiger partial charge on any atom is 0.274 e. The van der Waals surface area contributed by atoms with Crippen molar-refractivity contribution < 1.29 is 4.79 Å².